The predicted octanol–water partition coefficient (Wildman–Crippen LogP) is 3.42. The molecule has 1 aromatic carbocycles. The second kappa shape index (κ2) is 6.95. The van der Waals surface area contributed by atoms with Crippen LogP contribution < -0.4 is 5.32 Å². The third-order valence-electron chi connectivity index (χ3n) is 3.49. The summed E-state index contributed by atoms with van der Waals surface area (Å²) >= 11 is 6.20. The van der Waals surface area contributed by atoms with Crippen LogP contribution in [0.25, 0.3) is 0 Å². The summed E-state index contributed by atoms with van der Waals surface area (Å²) in [5.74, 6) is 0. The quantitative estimate of drug-likeness (QED) is 0.790. The second-order valence-corrected chi connectivity index (χ2v) is 5.60. The molecule has 4 nitrogen and oxygen atoms in total. The van der Waals surface area contributed by atoms with Crippen molar-refractivity contribution in [3.05, 3.63) is 28.8 Å². The standard InChI is InChI=1S/C15H21ClN2O2/c1-11-5-4-6-13(14(11)16)17-15(20)18(12-7-8-12)9-2-3-10-19/h4-6,12,19H,2-3,7-10H2,1H3,(H,17,20). The second-order valence-electron chi connectivity index (χ2n) is 5.22. The summed E-state index contributed by atoms with van der Waals surface area (Å²) in [7, 11) is 0. The van der Waals surface area contributed by atoms with Crippen molar-refractivity contribution in [1.82, 2.24) is 4.90 Å². The van der Waals surface area contributed by atoms with Gasteiger partial charge >= 0.3 is 6.03 Å². The van der Waals surface area contributed by atoms with Gasteiger partial charge in [0, 0.05) is 19.2 Å². The summed E-state index contributed by atoms with van der Waals surface area (Å²) in [6, 6.07) is 5.85. The SMILES string of the molecule is Cc1cccc(NC(=O)N(CCCCO)C2CC2)c1Cl. The smallest absolute Gasteiger partial charge is 0.322 e. The van der Waals surface area contributed by atoms with E-state index in [1.54, 1.807) is 0 Å². The highest BCUT2D eigenvalue weighted by molar-refractivity contribution is 6.34. The first kappa shape index (κ1) is 15.1. The van der Waals surface area contributed by atoms with E-state index in [9.17, 15) is 4.79 Å². The Balaban J connectivity index is 1.99. The number of carbonyl (C=O) groups is 1. The van der Waals surface area contributed by atoms with Crippen LogP contribution in [-0.4, -0.2) is 35.2 Å². The van der Waals surface area contributed by atoms with Gasteiger partial charge in [-0.15, -0.1) is 0 Å². The van der Waals surface area contributed by atoms with E-state index in [0.29, 0.717) is 23.3 Å². The van der Waals surface area contributed by atoms with Gasteiger partial charge in [0.2, 0.25) is 0 Å². The predicted molar refractivity (Wildman–Crippen MR) is 81.3 cm³/mol. The van der Waals surface area contributed by atoms with Crippen LogP contribution in [0, 0.1) is 6.92 Å². The zero-order valence-corrected chi connectivity index (χ0v) is 12.5. The van der Waals surface area contributed by atoms with Gasteiger partial charge in [-0.05, 0) is 44.2 Å². The molecule has 2 amide bonds. The number of unbranched alkanes of at least 4 members (excludes halogenated alkanes) is 1. The van der Waals surface area contributed by atoms with Crippen LogP contribution in [0.4, 0.5) is 10.5 Å². The zero-order valence-electron chi connectivity index (χ0n) is 11.7. The van der Waals surface area contributed by atoms with Gasteiger partial charge in [0.1, 0.15) is 0 Å². The maximum atomic E-state index is 12.3. The number of aliphatic hydroxyl groups is 1. The number of hydrogen-bond acceptors (Lipinski definition) is 2. The van der Waals surface area contributed by atoms with Crippen molar-refractivity contribution in [3.8, 4) is 0 Å². The van der Waals surface area contributed by atoms with E-state index in [4.69, 9.17) is 16.7 Å². The van der Waals surface area contributed by atoms with E-state index < -0.39 is 0 Å². The Morgan fingerprint density at radius 2 is 2.20 bits per heavy atom. The van der Waals surface area contributed by atoms with Crippen molar-refractivity contribution in [2.45, 2.75) is 38.6 Å². The number of rotatable bonds is 6. The summed E-state index contributed by atoms with van der Waals surface area (Å²) < 4.78 is 0. The van der Waals surface area contributed by atoms with Crippen LogP contribution in [-0.2, 0) is 0 Å². The Morgan fingerprint density at radius 3 is 2.85 bits per heavy atom. The number of carbonyl (C=O) groups excluding carboxylic acids is 1. The van der Waals surface area contributed by atoms with Gasteiger partial charge < -0.3 is 15.3 Å². The third kappa shape index (κ3) is 3.87. The molecule has 0 spiro atoms. The number of aryl methyl sites for hydroxylation is 1. The molecule has 2 rings (SSSR count). The molecule has 0 heterocycles. The first-order chi connectivity index (χ1) is 9.63. The van der Waals surface area contributed by atoms with Gasteiger partial charge in [-0.3, -0.25) is 0 Å². The molecule has 0 bridgehead atoms. The third-order valence-corrected chi connectivity index (χ3v) is 3.99. The highest BCUT2D eigenvalue weighted by Crippen LogP contribution is 2.29. The number of hydrogen-bond donors (Lipinski definition) is 2. The molecule has 0 atom stereocenters. The van der Waals surface area contributed by atoms with Crippen molar-refractivity contribution < 1.29 is 9.90 Å². The zero-order chi connectivity index (χ0) is 14.5. The van der Waals surface area contributed by atoms with Crippen molar-refractivity contribution in [3.63, 3.8) is 0 Å². The van der Waals surface area contributed by atoms with Crippen LogP contribution >= 0.6 is 11.6 Å². The molecule has 1 aromatic rings. The van der Waals surface area contributed by atoms with Crippen LogP contribution in [0.1, 0.15) is 31.2 Å². The number of amides is 2. The van der Waals surface area contributed by atoms with Crippen molar-refractivity contribution >= 4 is 23.3 Å². The number of halogens is 1. The van der Waals surface area contributed by atoms with Crippen LogP contribution in [0.5, 0.6) is 0 Å². The number of anilines is 1. The average molecular weight is 297 g/mol. The summed E-state index contributed by atoms with van der Waals surface area (Å²) in [5, 5.41) is 12.3. The lowest BCUT2D eigenvalue weighted by Gasteiger charge is -2.23. The van der Waals surface area contributed by atoms with Crippen molar-refractivity contribution in [2.75, 3.05) is 18.5 Å². The van der Waals surface area contributed by atoms with E-state index >= 15 is 0 Å². The number of urea groups is 1. The number of benzene rings is 1. The van der Waals surface area contributed by atoms with E-state index in [-0.39, 0.29) is 12.6 Å². The van der Waals surface area contributed by atoms with Crippen molar-refractivity contribution in [1.29, 1.82) is 0 Å². The van der Waals surface area contributed by atoms with Gasteiger partial charge in [-0.2, -0.15) is 0 Å². The monoisotopic (exact) mass is 296 g/mol. The fraction of sp³-hybridized carbons (Fsp3) is 0.533. The van der Waals surface area contributed by atoms with Gasteiger partial charge in [-0.1, -0.05) is 23.7 Å². The Hall–Kier alpha value is -1.26. The Morgan fingerprint density at radius 1 is 1.45 bits per heavy atom. The molecule has 110 valence electrons. The molecular formula is C15H21ClN2O2. The van der Waals surface area contributed by atoms with E-state index in [0.717, 1.165) is 31.2 Å². The number of nitrogens with one attached hydrogen (secondary N) is 1. The maximum Gasteiger partial charge on any atom is 0.322 e. The molecule has 1 saturated carbocycles. The van der Waals surface area contributed by atoms with Gasteiger partial charge in [0.05, 0.1) is 10.7 Å². The first-order valence-electron chi connectivity index (χ1n) is 7.07. The van der Waals surface area contributed by atoms with Gasteiger partial charge in [0.25, 0.3) is 0 Å². The lowest BCUT2D eigenvalue weighted by molar-refractivity contribution is 0.204. The minimum atomic E-state index is -0.0991. The summed E-state index contributed by atoms with van der Waals surface area (Å²) in [4.78, 5) is 14.2. The highest BCUT2D eigenvalue weighted by Gasteiger charge is 2.32. The molecule has 2 N–H and O–H groups in total. The largest absolute Gasteiger partial charge is 0.396 e. The van der Waals surface area contributed by atoms with Gasteiger partial charge in [0.15, 0.2) is 0 Å². The van der Waals surface area contributed by atoms with E-state index in [1.165, 1.54) is 0 Å². The van der Waals surface area contributed by atoms with Crippen LogP contribution in [0.15, 0.2) is 18.2 Å². The molecule has 0 aromatic heterocycles. The number of nitrogens with zero attached hydrogens (tertiary/aromatic N) is 1. The molecule has 0 unspecified atom stereocenters. The topological polar surface area (TPSA) is 52.6 Å². The summed E-state index contributed by atoms with van der Waals surface area (Å²) in [6.07, 6.45) is 3.67. The fourth-order valence-electron chi connectivity index (χ4n) is 2.16. The molecule has 0 radical (unpaired) electrons. The molecule has 1 fully saturated rings. The maximum absolute atomic E-state index is 12.3. The molecule has 0 saturated heterocycles. The lowest BCUT2D eigenvalue weighted by atomic mass is 10.2. The molecule has 20 heavy (non-hydrogen) atoms. The normalized spacial score (nSPS) is 14.2. The first-order valence-corrected chi connectivity index (χ1v) is 7.45. The minimum Gasteiger partial charge on any atom is -0.396 e. The molecular weight excluding hydrogens is 276 g/mol. The molecule has 1 aliphatic rings. The fourth-order valence-corrected chi connectivity index (χ4v) is 2.33. The molecule has 5 heteroatoms. The Kier molecular flexibility index (Phi) is 5.26. The van der Waals surface area contributed by atoms with Gasteiger partial charge in [-0.25, -0.2) is 4.79 Å². The minimum absolute atomic E-state index is 0.0991. The molecule has 1 aliphatic carbocycles. The van der Waals surface area contributed by atoms with E-state index in [2.05, 4.69) is 5.32 Å². The van der Waals surface area contributed by atoms with E-state index in [1.807, 2.05) is 30.0 Å². The lowest BCUT2D eigenvalue weighted by Crippen LogP contribution is -2.37. The Bertz CT molecular complexity index is 475. The summed E-state index contributed by atoms with van der Waals surface area (Å²) in [5.41, 5.74) is 1.60. The summed E-state index contributed by atoms with van der Waals surface area (Å²) in [6.45, 7) is 2.77. The highest BCUT2D eigenvalue weighted by atomic mass is 35.5. The molecule has 0 aliphatic heterocycles. The van der Waals surface area contributed by atoms with Crippen molar-refractivity contribution in [2.24, 2.45) is 0 Å². The van der Waals surface area contributed by atoms with Crippen LogP contribution in [0.3, 0.4) is 0 Å². The Labute approximate surface area is 124 Å². The number of aliphatic hydroxyl groups excluding tert-OH is 1. The van der Waals surface area contributed by atoms with Crippen LogP contribution in [0.2, 0.25) is 5.02 Å². The average Bonchev–Trinajstić information content (AvgIpc) is 3.24.